The molecule has 0 unspecified atom stereocenters. The average molecular weight is 226 g/mol. The van der Waals surface area contributed by atoms with E-state index in [1.807, 2.05) is 19.3 Å². The van der Waals surface area contributed by atoms with Crippen molar-refractivity contribution in [2.45, 2.75) is 6.42 Å². The van der Waals surface area contributed by atoms with Crippen LogP contribution in [-0.2, 0) is 18.3 Å². The summed E-state index contributed by atoms with van der Waals surface area (Å²) < 4.78 is 1.68. The van der Waals surface area contributed by atoms with Crippen molar-refractivity contribution < 1.29 is 14.7 Å². The Morgan fingerprint density at radius 3 is 2.81 bits per heavy atom. The van der Waals surface area contributed by atoms with E-state index < -0.39 is 12.0 Å². The smallest absolute Gasteiger partial charge is 0.323 e. The molecule has 16 heavy (non-hydrogen) atoms. The molecule has 0 radical (unpaired) electrons. The van der Waals surface area contributed by atoms with Crippen molar-refractivity contribution in [3.05, 3.63) is 18.0 Å². The second kappa shape index (κ2) is 5.74. The number of aryl methyl sites for hydroxylation is 1. The first-order chi connectivity index (χ1) is 7.58. The Bertz CT molecular complexity index is 375. The van der Waals surface area contributed by atoms with E-state index in [4.69, 9.17) is 5.11 Å². The summed E-state index contributed by atoms with van der Waals surface area (Å²) in [6, 6.07) is 1.37. The Kier molecular flexibility index (Phi) is 4.31. The second-order valence-corrected chi connectivity index (χ2v) is 3.23. The van der Waals surface area contributed by atoms with Gasteiger partial charge in [-0.3, -0.25) is 9.48 Å². The lowest BCUT2D eigenvalue weighted by Gasteiger charge is -2.04. The number of hydrogen-bond donors (Lipinski definition) is 3. The molecule has 0 aliphatic rings. The number of carbonyl (C=O) groups is 2. The van der Waals surface area contributed by atoms with Crippen molar-refractivity contribution in [1.29, 1.82) is 0 Å². The zero-order chi connectivity index (χ0) is 12.0. The van der Waals surface area contributed by atoms with Crippen molar-refractivity contribution >= 4 is 12.0 Å². The molecule has 0 fully saturated rings. The van der Waals surface area contributed by atoms with Gasteiger partial charge in [0.25, 0.3) is 0 Å². The minimum absolute atomic E-state index is 0.380. The highest BCUT2D eigenvalue weighted by Gasteiger charge is 2.03. The Balaban J connectivity index is 2.15. The van der Waals surface area contributed by atoms with Crippen LogP contribution in [0.2, 0.25) is 0 Å². The van der Waals surface area contributed by atoms with E-state index in [2.05, 4.69) is 15.7 Å². The number of carboxylic acid groups (broad SMARTS) is 1. The van der Waals surface area contributed by atoms with E-state index >= 15 is 0 Å². The molecule has 0 aliphatic carbocycles. The highest BCUT2D eigenvalue weighted by Crippen LogP contribution is 1.93. The van der Waals surface area contributed by atoms with Gasteiger partial charge in [0.1, 0.15) is 6.54 Å². The molecule has 0 atom stereocenters. The Labute approximate surface area is 92.4 Å². The summed E-state index contributed by atoms with van der Waals surface area (Å²) in [6.07, 6.45) is 2.43. The van der Waals surface area contributed by atoms with Gasteiger partial charge in [-0.05, 0) is 6.07 Å². The Hall–Kier alpha value is -2.05. The van der Waals surface area contributed by atoms with E-state index in [9.17, 15) is 9.59 Å². The molecule has 7 nitrogen and oxygen atoms in total. The van der Waals surface area contributed by atoms with Crippen LogP contribution >= 0.6 is 0 Å². The van der Waals surface area contributed by atoms with Crippen molar-refractivity contribution in [3.8, 4) is 0 Å². The van der Waals surface area contributed by atoms with Gasteiger partial charge in [0.05, 0.1) is 5.69 Å². The molecule has 0 spiro atoms. The lowest BCUT2D eigenvalue weighted by Crippen LogP contribution is -2.39. The van der Waals surface area contributed by atoms with Gasteiger partial charge in [0.15, 0.2) is 0 Å². The van der Waals surface area contributed by atoms with Crippen LogP contribution in [-0.4, -0.2) is 40.0 Å². The summed E-state index contributed by atoms with van der Waals surface area (Å²) in [5, 5.41) is 17.2. The van der Waals surface area contributed by atoms with Crippen LogP contribution in [0.5, 0.6) is 0 Å². The van der Waals surface area contributed by atoms with Crippen molar-refractivity contribution in [2.24, 2.45) is 7.05 Å². The summed E-state index contributed by atoms with van der Waals surface area (Å²) in [4.78, 5) is 21.2. The molecule has 3 N–H and O–H groups in total. The molecule has 1 aromatic rings. The van der Waals surface area contributed by atoms with Crippen LogP contribution in [0.15, 0.2) is 12.3 Å². The number of carboxylic acids is 1. The molecule has 0 aliphatic heterocycles. The average Bonchev–Trinajstić information content (AvgIpc) is 2.61. The number of rotatable bonds is 5. The third-order valence-electron chi connectivity index (χ3n) is 1.84. The third-order valence-corrected chi connectivity index (χ3v) is 1.84. The molecule has 0 bridgehead atoms. The van der Waals surface area contributed by atoms with Crippen LogP contribution in [0, 0.1) is 0 Å². The minimum atomic E-state index is -1.07. The number of nitrogens with zero attached hydrogens (tertiary/aromatic N) is 2. The van der Waals surface area contributed by atoms with Gasteiger partial charge in [0, 0.05) is 26.2 Å². The molecular weight excluding hydrogens is 212 g/mol. The first-order valence-electron chi connectivity index (χ1n) is 4.80. The molecule has 1 heterocycles. The number of aromatic nitrogens is 2. The van der Waals surface area contributed by atoms with Gasteiger partial charge in [-0.1, -0.05) is 0 Å². The molecule has 7 heteroatoms. The predicted octanol–water partition coefficient (Wildman–Crippen LogP) is -0.654. The predicted molar refractivity (Wildman–Crippen MR) is 55.9 cm³/mol. The lowest BCUT2D eigenvalue weighted by molar-refractivity contribution is -0.135. The highest BCUT2D eigenvalue weighted by atomic mass is 16.4. The van der Waals surface area contributed by atoms with E-state index in [-0.39, 0.29) is 6.54 Å². The van der Waals surface area contributed by atoms with Gasteiger partial charge in [0.2, 0.25) is 0 Å². The number of aliphatic carboxylic acids is 1. The maximum Gasteiger partial charge on any atom is 0.323 e. The first-order valence-corrected chi connectivity index (χ1v) is 4.80. The zero-order valence-corrected chi connectivity index (χ0v) is 8.93. The molecule has 1 rings (SSSR count). The largest absolute Gasteiger partial charge is 0.480 e. The number of carbonyl (C=O) groups excluding carboxylic acids is 1. The fourth-order valence-corrected chi connectivity index (χ4v) is 1.12. The normalized spacial score (nSPS) is 9.81. The fourth-order valence-electron chi connectivity index (χ4n) is 1.12. The number of hydrogen-bond acceptors (Lipinski definition) is 3. The SMILES string of the molecule is Cn1ccc(CCNC(=O)NCC(=O)O)n1. The number of nitrogens with one attached hydrogen (secondary N) is 2. The maximum atomic E-state index is 11.0. The topological polar surface area (TPSA) is 96.2 Å². The summed E-state index contributed by atoms with van der Waals surface area (Å²) in [7, 11) is 1.82. The van der Waals surface area contributed by atoms with Gasteiger partial charge in [-0.15, -0.1) is 0 Å². The van der Waals surface area contributed by atoms with Crippen LogP contribution in [0.4, 0.5) is 4.79 Å². The lowest BCUT2D eigenvalue weighted by atomic mass is 10.3. The summed E-state index contributed by atoms with van der Waals surface area (Å²) in [5.41, 5.74) is 0.876. The van der Waals surface area contributed by atoms with Crippen LogP contribution in [0.3, 0.4) is 0 Å². The Morgan fingerprint density at radius 1 is 1.50 bits per heavy atom. The van der Waals surface area contributed by atoms with Gasteiger partial charge in [-0.2, -0.15) is 5.10 Å². The standard InChI is InChI=1S/C9H14N4O3/c1-13-5-3-7(12-13)2-4-10-9(16)11-6-8(14)15/h3,5H,2,4,6H2,1H3,(H,14,15)(H2,10,11,16). The van der Waals surface area contributed by atoms with E-state index in [1.165, 1.54) is 0 Å². The summed E-state index contributed by atoms with van der Waals surface area (Å²) in [6.45, 7) is 0.0396. The third kappa shape index (κ3) is 4.45. The second-order valence-electron chi connectivity index (χ2n) is 3.23. The van der Waals surface area contributed by atoms with Crippen LogP contribution in [0.25, 0.3) is 0 Å². The van der Waals surface area contributed by atoms with Crippen LogP contribution < -0.4 is 10.6 Å². The fraction of sp³-hybridized carbons (Fsp3) is 0.444. The van der Waals surface area contributed by atoms with Crippen molar-refractivity contribution in [1.82, 2.24) is 20.4 Å². The Morgan fingerprint density at radius 2 is 2.25 bits per heavy atom. The maximum absolute atomic E-state index is 11.0. The van der Waals surface area contributed by atoms with Crippen molar-refractivity contribution in [2.75, 3.05) is 13.1 Å². The molecule has 88 valence electrons. The van der Waals surface area contributed by atoms with E-state index in [1.54, 1.807) is 4.68 Å². The molecule has 1 aromatic heterocycles. The summed E-state index contributed by atoms with van der Waals surface area (Å²) >= 11 is 0. The summed E-state index contributed by atoms with van der Waals surface area (Å²) in [5.74, 6) is -1.07. The van der Waals surface area contributed by atoms with Crippen LogP contribution in [0.1, 0.15) is 5.69 Å². The van der Waals surface area contributed by atoms with Gasteiger partial charge >= 0.3 is 12.0 Å². The molecule has 0 aromatic carbocycles. The zero-order valence-electron chi connectivity index (χ0n) is 8.93. The minimum Gasteiger partial charge on any atom is -0.480 e. The van der Waals surface area contributed by atoms with Crippen molar-refractivity contribution in [3.63, 3.8) is 0 Å². The highest BCUT2D eigenvalue weighted by molar-refractivity contribution is 5.79. The number of urea groups is 1. The first kappa shape index (κ1) is 12.0. The molecular formula is C9H14N4O3. The van der Waals surface area contributed by atoms with Gasteiger partial charge < -0.3 is 15.7 Å². The van der Waals surface area contributed by atoms with E-state index in [0.29, 0.717) is 13.0 Å². The quantitative estimate of drug-likeness (QED) is 0.621. The molecule has 0 saturated heterocycles. The van der Waals surface area contributed by atoms with E-state index in [0.717, 1.165) is 5.69 Å². The molecule has 0 saturated carbocycles. The number of amides is 2. The monoisotopic (exact) mass is 226 g/mol. The molecule has 2 amide bonds. The van der Waals surface area contributed by atoms with Gasteiger partial charge in [-0.25, -0.2) is 4.79 Å².